The van der Waals surface area contributed by atoms with Crippen LogP contribution in [0.4, 0.5) is 0 Å². The Morgan fingerprint density at radius 1 is 0.136 bits per heavy atom. The number of nitrogens with zero attached hydrogens (tertiary/aromatic N) is 5. The molecular formula is C138H81N5O3S. The van der Waals surface area contributed by atoms with E-state index in [2.05, 4.69) is 514 Å². The van der Waals surface area contributed by atoms with E-state index in [-0.39, 0.29) is 0 Å². The summed E-state index contributed by atoms with van der Waals surface area (Å²) in [6.07, 6.45) is 0. The Morgan fingerprint density at radius 2 is 0.456 bits per heavy atom. The lowest BCUT2D eigenvalue weighted by molar-refractivity contribution is 0.669. The van der Waals surface area contributed by atoms with Gasteiger partial charge in [0.25, 0.3) is 0 Å². The Balaban J connectivity index is 0.0000000981. The molecule has 0 atom stereocenters. The summed E-state index contributed by atoms with van der Waals surface area (Å²) < 4.78 is 34.0. The van der Waals surface area contributed by atoms with Gasteiger partial charge in [-0.2, -0.15) is 0 Å². The Hall–Kier alpha value is -19.3. The van der Waals surface area contributed by atoms with E-state index in [4.69, 9.17) is 13.3 Å². The Labute approximate surface area is 842 Å². The molecule has 0 radical (unpaired) electrons. The molecule has 9 aromatic heterocycles. The molecule has 34 rings (SSSR count). The summed E-state index contributed by atoms with van der Waals surface area (Å²) in [5, 5.41) is 37.1. The maximum atomic E-state index is 6.42. The highest BCUT2D eigenvalue weighted by Crippen LogP contribution is 2.53. The van der Waals surface area contributed by atoms with Gasteiger partial charge in [-0.1, -0.05) is 315 Å². The first-order chi connectivity index (χ1) is 72.9. The maximum absolute atomic E-state index is 6.42. The molecule has 0 aliphatic rings. The minimum Gasteiger partial charge on any atom is -0.456 e. The quantitative estimate of drug-likeness (QED) is 0.160. The maximum Gasteiger partial charge on any atom is 0.136 e. The number of hydrogen-bond donors (Lipinski definition) is 0. The van der Waals surface area contributed by atoms with Gasteiger partial charge in [0, 0.05) is 151 Å². The Morgan fingerprint density at radius 3 is 0.939 bits per heavy atom. The monoisotopic (exact) mass is 1890 g/mol. The molecule has 147 heavy (non-hydrogen) atoms. The number of para-hydroxylation sites is 6. The molecule has 0 bridgehead atoms. The van der Waals surface area contributed by atoms with E-state index in [1.807, 2.05) is 11.3 Å². The van der Waals surface area contributed by atoms with Gasteiger partial charge < -0.3 is 36.1 Å². The van der Waals surface area contributed by atoms with Gasteiger partial charge in [0.15, 0.2) is 0 Å². The lowest BCUT2D eigenvalue weighted by Gasteiger charge is -2.12. The van der Waals surface area contributed by atoms with E-state index in [0.717, 1.165) is 88.6 Å². The number of benzene rings is 25. The minimum atomic E-state index is 0.901. The average molecular weight is 1890 g/mol. The Bertz CT molecular complexity index is 11700. The predicted octanol–water partition coefficient (Wildman–Crippen LogP) is 38.9. The van der Waals surface area contributed by atoms with Crippen molar-refractivity contribution in [1.29, 1.82) is 0 Å². The van der Waals surface area contributed by atoms with E-state index in [0.29, 0.717) is 0 Å². The average Bonchev–Trinajstić information content (AvgIpc) is 1.54. The second kappa shape index (κ2) is 31.6. The first kappa shape index (κ1) is 81.4. The summed E-state index contributed by atoms with van der Waals surface area (Å²) in [5.41, 5.74) is 28.0. The smallest absolute Gasteiger partial charge is 0.136 e. The van der Waals surface area contributed by atoms with Crippen molar-refractivity contribution < 1.29 is 13.3 Å². The first-order valence-corrected chi connectivity index (χ1v) is 51.1. The van der Waals surface area contributed by atoms with Gasteiger partial charge in [-0.15, -0.1) is 11.3 Å². The lowest BCUT2D eigenvalue weighted by atomic mass is 9.98. The van der Waals surface area contributed by atoms with Crippen molar-refractivity contribution in [2.24, 2.45) is 0 Å². The zero-order valence-electron chi connectivity index (χ0n) is 79.1. The van der Waals surface area contributed by atoms with Gasteiger partial charge in [0.05, 0.1) is 55.2 Å². The van der Waals surface area contributed by atoms with Crippen LogP contribution in [0.1, 0.15) is 0 Å². The van der Waals surface area contributed by atoms with Gasteiger partial charge in [-0.25, -0.2) is 0 Å². The molecule has 0 N–H and O–H groups in total. The third kappa shape index (κ3) is 12.2. The zero-order chi connectivity index (χ0) is 95.9. The van der Waals surface area contributed by atoms with Gasteiger partial charge in [-0.3, -0.25) is 0 Å². The van der Waals surface area contributed by atoms with Crippen LogP contribution in [0, 0.1) is 0 Å². The summed E-state index contributed by atoms with van der Waals surface area (Å²) in [5.74, 6) is 0. The molecule has 0 saturated carbocycles. The van der Waals surface area contributed by atoms with Crippen molar-refractivity contribution in [3.05, 3.63) is 491 Å². The van der Waals surface area contributed by atoms with Crippen molar-refractivity contribution in [3.63, 3.8) is 0 Å². The fraction of sp³-hybridized carbons (Fsp3) is 0. The SMILES string of the molecule is c1cc(-c2ccc3oc4cc5ccccc5cc4c3c2)cc(-n2c3ccccc3c3c4c5ccc6ccccc6c5sc4c4ccccc4c32)c1.c1ccc(-n2c3ccccc3c3c4c5ccc6ccccc6c5n(-c5ccc6oc7cc8ccccc8cc7c6c5)c4ccc32)cc1.c1ccc(-n2c3ccccc3c3c4c5ccccc5n(-c5cccc(-c6ccc7oc8cc9ccccc9cc8c7c6)c5)c4ccc32)cc1. The number of furan rings is 3. The van der Waals surface area contributed by atoms with Gasteiger partial charge in [0.1, 0.15) is 33.5 Å². The second-order valence-corrected chi connectivity index (χ2v) is 40.2. The highest BCUT2D eigenvalue weighted by molar-refractivity contribution is 7.27. The zero-order valence-corrected chi connectivity index (χ0v) is 80.0. The molecule has 9 heteroatoms. The summed E-state index contributed by atoms with van der Waals surface area (Å²) in [7, 11) is 0. The van der Waals surface area contributed by atoms with E-state index < -0.39 is 0 Å². The van der Waals surface area contributed by atoms with Crippen LogP contribution in [0.5, 0.6) is 0 Å². The summed E-state index contributed by atoms with van der Waals surface area (Å²) in [6, 6.07) is 178. The van der Waals surface area contributed by atoms with Crippen molar-refractivity contribution >= 4 is 271 Å². The van der Waals surface area contributed by atoms with Crippen molar-refractivity contribution in [1.82, 2.24) is 22.8 Å². The molecule has 0 amide bonds. The second-order valence-electron chi connectivity index (χ2n) is 39.1. The molecule has 25 aromatic carbocycles. The van der Waals surface area contributed by atoms with Gasteiger partial charge >= 0.3 is 0 Å². The third-order valence-electron chi connectivity index (χ3n) is 31.2. The normalized spacial score (nSPS) is 12.2. The standard InChI is InChI=1S/C48H27NOS.C46H28N2O.C44H26N2O/c1-2-12-31-27-43-40(25-30(31)11-1)39-26-32(21-23-42(39)50-43)29-13-9-14-33(24-29)49-41-19-8-7-18-37(41)44-45-38-22-20-28-10-3-4-15-34(28)47(38)51-48(45)36-17-6-5-16-35(36)46(44)49;1-2-14-33(15-3-1)47-39-19-8-6-17-35(39)45-41(47)22-23-42-46(45)36-18-7-9-20-40(36)48(42)34-16-10-13-29(25-34)32-21-24-43-37(27-32)38-26-30-11-4-5-12-31(30)28-44(38)49-43;1-2-13-30(14-3-1)45-37-17-9-8-16-33(37)42-38(45)21-22-39-43(42)34-20-18-27-10-6-7-15-32(27)44(34)46(39)31-19-23-40-36(26-31)35-24-28-11-4-5-12-29(28)25-41(35)47-40/h1-27H;1-28H;1-26H. The van der Waals surface area contributed by atoms with Crippen LogP contribution in [-0.2, 0) is 0 Å². The number of rotatable bonds is 7. The molecule has 0 aliphatic heterocycles. The van der Waals surface area contributed by atoms with Crippen LogP contribution in [0.25, 0.3) is 310 Å². The number of fused-ring (bicyclic) bond motifs is 40. The largest absolute Gasteiger partial charge is 0.456 e. The van der Waals surface area contributed by atoms with E-state index >= 15 is 0 Å². The van der Waals surface area contributed by atoms with E-state index in [9.17, 15) is 0 Å². The van der Waals surface area contributed by atoms with Crippen LogP contribution in [0.3, 0.4) is 0 Å². The van der Waals surface area contributed by atoms with Crippen molar-refractivity contribution in [2.45, 2.75) is 0 Å². The molecule has 0 spiro atoms. The lowest BCUT2D eigenvalue weighted by Crippen LogP contribution is -1.95. The van der Waals surface area contributed by atoms with Crippen molar-refractivity contribution in [3.8, 4) is 50.7 Å². The van der Waals surface area contributed by atoms with Crippen LogP contribution < -0.4 is 0 Å². The molecule has 8 nitrogen and oxygen atoms in total. The highest BCUT2D eigenvalue weighted by atomic mass is 32.1. The highest BCUT2D eigenvalue weighted by Gasteiger charge is 2.29. The summed E-state index contributed by atoms with van der Waals surface area (Å²) in [4.78, 5) is 0. The molecule has 9 heterocycles. The number of hydrogen-bond acceptors (Lipinski definition) is 4. The fourth-order valence-electron chi connectivity index (χ4n) is 24.8. The predicted molar refractivity (Wildman–Crippen MR) is 622 cm³/mol. The van der Waals surface area contributed by atoms with E-state index in [1.54, 1.807) is 0 Å². The third-order valence-corrected chi connectivity index (χ3v) is 32.5. The van der Waals surface area contributed by atoms with Gasteiger partial charge in [0.2, 0.25) is 0 Å². The summed E-state index contributed by atoms with van der Waals surface area (Å²) in [6.45, 7) is 0. The van der Waals surface area contributed by atoms with Crippen LogP contribution in [0.2, 0.25) is 0 Å². The van der Waals surface area contributed by atoms with E-state index in [1.165, 1.54) is 222 Å². The van der Waals surface area contributed by atoms with Crippen molar-refractivity contribution in [2.75, 3.05) is 0 Å². The Kier molecular flexibility index (Phi) is 17.5. The molecule has 34 aromatic rings. The molecular weight excluding hydrogens is 1810 g/mol. The number of aromatic nitrogens is 5. The topological polar surface area (TPSA) is 64.1 Å². The van der Waals surface area contributed by atoms with Crippen LogP contribution >= 0.6 is 11.3 Å². The first-order valence-electron chi connectivity index (χ1n) is 50.3. The van der Waals surface area contributed by atoms with Crippen LogP contribution in [0.15, 0.2) is 505 Å². The van der Waals surface area contributed by atoms with Crippen LogP contribution in [-0.4, -0.2) is 22.8 Å². The molecule has 0 fully saturated rings. The molecule has 0 saturated heterocycles. The number of thiophene rings is 1. The fourth-order valence-corrected chi connectivity index (χ4v) is 26.2. The molecule has 682 valence electrons. The van der Waals surface area contributed by atoms with Gasteiger partial charge in [-0.05, 0) is 247 Å². The minimum absolute atomic E-state index is 0.901. The molecule has 0 aliphatic carbocycles. The molecule has 0 unspecified atom stereocenters. The summed E-state index contributed by atoms with van der Waals surface area (Å²) >= 11 is 1.93.